The first kappa shape index (κ1) is 16.2. The van der Waals surface area contributed by atoms with E-state index in [4.69, 9.17) is 0 Å². The second-order valence-corrected chi connectivity index (χ2v) is 9.07. The summed E-state index contributed by atoms with van der Waals surface area (Å²) >= 11 is 0. The minimum atomic E-state index is -3.29. The van der Waals surface area contributed by atoms with E-state index in [0.717, 1.165) is 49.8 Å². The molecule has 3 aliphatic rings. The Morgan fingerprint density at radius 1 is 1.04 bits per heavy atom. The highest BCUT2D eigenvalue weighted by Crippen LogP contribution is 2.25. The summed E-state index contributed by atoms with van der Waals surface area (Å²) in [5, 5.41) is 4.53. The quantitative estimate of drug-likeness (QED) is 0.786. The first-order chi connectivity index (χ1) is 11.5. The van der Waals surface area contributed by atoms with E-state index in [-0.39, 0.29) is 11.5 Å². The van der Waals surface area contributed by atoms with Crippen LogP contribution in [0, 0.1) is 5.92 Å². The monoisotopic (exact) mass is 352 g/mol. The fourth-order valence-corrected chi connectivity index (χ4v) is 5.73. The summed E-state index contributed by atoms with van der Waals surface area (Å²) in [4.78, 5) is 12.2. The lowest BCUT2D eigenvalue weighted by molar-refractivity contribution is 0.162. The number of fused-ring (bicyclic) bond motifs is 1. The molecule has 1 aromatic heterocycles. The SMILES string of the molecule is O=c1cc2c(nn1CC1CN(S(=O)(=O)N3CCCC3)C1)CCCC2. The molecule has 0 saturated carbocycles. The third-order valence-electron chi connectivity index (χ3n) is 5.35. The van der Waals surface area contributed by atoms with Gasteiger partial charge in [0.1, 0.15) is 0 Å². The molecule has 1 aromatic rings. The second-order valence-electron chi connectivity index (χ2n) is 7.14. The van der Waals surface area contributed by atoms with Gasteiger partial charge < -0.3 is 0 Å². The summed E-state index contributed by atoms with van der Waals surface area (Å²) in [5.74, 6) is 0.175. The van der Waals surface area contributed by atoms with Gasteiger partial charge in [-0.05, 0) is 44.1 Å². The van der Waals surface area contributed by atoms with E-state index in [9.17, 15) is 13.2 Å². The molecule has 132 valence electrons. The predicted molar refractivity (Wildman–Crippen MR) is 89.9 cm³/mol. The summed E-state index contributed by atoms with van der Waals surface area (Å²) in [7, 11) is -3.29. The third-order valence-corrected chi connectivity index (χ3v) is 7.31. The Morgan fingerprint density at radius 2 is 1.75 bits per heavy atom. The highest BCUT2D eigenvalue weighted by Gasteiger charge is 2.40. The van der Waals surface area contributed by atoms with Crippen molar-refractivity contribution in [2.45, 2.75) is 45.1 Å². The minimum absolute atomic E-state index is 0.0588. The molecule has 2 aliphatic heterocycles. The molecule has 1 aliphatic carbocycles. The average molecular weight is 352 g/mol. The van der Waals surface area contributed by atoms with E-state index in [1.165, 1.54) is 8.99 Å². The van der Waals surface area contributed by atoms with Crippen LogP contribution in [0.4, 0.5) is 0 Å². The summed E-state index contributed by atoms with van der Waals surface area (Å²) in [6.07, 6.45) is 6.04. The van der Waals surface area contributed by atoms with Gasteiger partial charge >= 0.3 is 0 Å². The van der Waals surface area contributed by atoms with Crippen LogP contribution in [-0.4, -0.2) is 53.0 Å². The molecule has 0 spiro atoms. The Kier molecular flexibility index (Phi) is 4.22. The van der Waals surface area contributed by atoms with Gasteiger partial charge in [-0.15, -0.1) is 0 Å². The summed E-state index contributed by atoms with van der Waals surface area (Å²) in [5.41, 5.74) is 2.08. The average Bonchev–Trinajstić information content (AvgIpc) is 3.05. The van der Waals surface area contributed by atoms with Crippen molar-refractivity contribution in [3.05, 3.63) is 27.7 Å². The fourth-order valence-electron chi connectivity index (χ4n) is 3.88. The number of aromatic nitrogens is 2. The Balaban J connectivity index is 1.41. The van der Waals surface area contributed by atoms with Gasteiger partial charge in [0.2, 0.25) is 0 Å². The largest absolute Gasteiger partial charge is 0.281 e. The molecule has 3 heterocycles. The summed E-state index contributed by atoms with van der Waals surface area (Å²) in [6, 6.07) is 1.72. The highest BCUT2D eigenvalue weighted by molar-refractivity contribution is 7.86. The van der Waals surface area contributed by atoms with E-state index >= 15 is 0 Å². The van der Waals surface area contributed by atoms with Gasteiger partial charge in [0, 0.05) is 38.2 Å². The number of rotatable bonds is 4. The molecule has 24 heavy (non-hydrogen) atoms. The molecule has 0 radical (unpaired) electrons. The molecule has 7 nitrogen and oxygen atoms in total. The van der Waals surface area contributed by atoms with Crippen molar-refractivity contribution in [2.75, 3.05) is 26.2 Å². The van der Waals surface area contributed by atoms with Crippen LogP contribution in [0.1, 0.15) is 36.9 Å². The fraction of sp³-hybridized carbons (Fsp3) is 0.750. The van der Waals surface area contributed by atoms with E-state index in [2.05, 4.69) is 5.10 Å². The Labute approximate surface area is 142 Å². The number of hydrogen-bond donors (Lipinski definition) is 0. The molecular formula is C16H24N4O3S. The topological polar surface area (TPSA) is 75.5 Å². The van der Waals surface area contributed by atoms with Gasteiger partial charge in [0.15, 0.2) is 0 Å². The molecule has 8 heteroatoms. The van der Waals surface area contributed by atoms with Crippen LogP contribution in [0.5, 0.6) is 0 Å². The molecule has 0 unspecified atom stereocenters. The maximum absolute atomic E-state index is 12.4. The van der Waals surface area contributed by atoms with E-state index in [1.807, 2.05) is 0 Å². The lowest BCUT2D eigenvalue weighted by Crippen LogP contribution is -2.56. The van der Waals surface area contributed by atoms with Crippen LogP contribution in [0.2, 0.25) is 0 Å². The normalized spacial score (nSPS) is 23.2. The molecule has 2 fully saturated rings. The zero-order valence-corrected chi connectivity index (χ0v) is 14.7. The summed E-state index contributed by atoms with van der Waals surface area (Å²) in [6.45, 7) is 2.76. The van der Waals surface area contributed by atoms with Crippen molar-refractivity contribution >= 4 is 10.2 Å². The predicted octanol–water partition coefficient (Wildman–Crippen LogP) is 0.395. The Bertz CT molecular complexity index is 777. The van der Waals surface area contributed by atoms with Gasteiger partial charge in [-0.1, -0.05) is 0 Å². The number of nitrogens with zero attached hydrogens (tertiary/aromatic N) is 4. The van der Waals surface area contributed by atoms with Gasteiger partial charge in [-0.25, -0.2) is 4.68 Å². The lowest BCUT2D eigenvalue weighted by atomic mass is 9.97. The molecule has 2 saturated heterocycles. The lowest BCUT2D eigenvalue weighted by Gasteiger charge is -2.40. The zero-order chi connectivity index (χ0) is 16.7. The number of aryl methyl sites for hydroxylation is 2. The molecule has 0 aromatic carbocycles. The van der Waals surface area contributed by atoms with Gasteiger partial charge in [0.25, 0.3) is 15.8 Å². The van der Waals surface area contributed by atoms with Crippen LogP contribution in [0.15, 0.2) is 10.9 Å². The molecule has 0 N–H and O–H groups in total. The standard InChI is InChI=1S/C16H24N4O3S/c21-16-9-14-5-1-2-6-15(14)17-20(16)12-13-10-19(11-13)24(22,23)18-7-3-4-8-18/h9,13H,1-8,10-12H2. The Hall–Kier alpha value is -1.25. The van der Waals surface area contributed by atoms with Crippen LogP contribution < -0.4 is 5.56 Å². The molecular weight excluding hydrogens is 328 g/mol. The maximum atomic E-state index is 12.4. The highest BCUT2D eigenvalue weighted by atomic mass is 32.2. The first-order valence-corrected chi connectivity index (χ1v) is 10.3. The first-order valence-electron chi connectivity index (χ1n) is 8.89. The summed E-state index contributed by atoms with van der Waals surface area (Å²) < 4.78 is 29.5. The smallest absolute Gasteiger partial charge is 0.268 e. The van der Waals surface area contributed by atoms with Gasteiger partial charge in [-0.3, -0.25) is 4.79 Å². The van der Waals surface area contributed by atoms with E-state index in [1.54, 1.807) is 10.4 Å². The van der Waals surface area contributed by atoms with Crippen LogP contribution in [-0.2, 0) is 29.6 Å². The Morgan fingerprint density at radius 3 is 2.50 bits per heavy atom. The minimum Gasteiger partial charge on any atom is -0.268 e. The van der Waals surface area contributed by atoms with Crippen molar-refractivity contribution in [2.24, 2.45) is 5.92 Å². The van der Waals surface area contributed by atoms with Crippen LogP contribution in [0.25, 0.3) is 0 Å². The molecule has 0 atom stereocenters. The van der Waals surface area contributed by atoms with Crippen LogP contribution >= 0.6 is 0 Å². The van der Waals surface area contributed by atoms with Crippen molar-refractivity contribution in [3.8, 4) is 0 Å². The molecule has 0 amide bonds. The van der Waals surface area contributed by atoms with Crippen molar-refractivity contribution in [1.82, 2.24) is 18.4 Å². The van der Waals surface area contributed by atoms with Gasteiger partial charge in [-0.2, -0.15) is 22.1 Å². The van der Waals surface area contributed by atoms with E-state index < -0.39 is 10.2 Å². The second kappa shape index (κ2) is 6.24. The van der Waals surface area contributed by atoms with Gasteiger partial charge in [0.05, 0.1) is 12.2 Å². The zero-order valence-electron chi connectivity index (χ0n) is 13.9. The molecule has 4 rings (SSSR count). The molecule has 0 bridgehead atoms. The maximum Gasteiger partial charge on any atom is 0.281 e. The van der Waals surface area contributed by atoms with Crippen molar-refractivity contribution in [3.63, 3.8) is 0 Å². The van der Waals surface area contributed by atoms with Crippen molar-refractivity contribution < 1.29 is 8.42 Å². The van der Waals surface area contributed by atoms with Crippen molar-refractivity contribution in [1.29, 1.82) is 0 Å². The third kappa shape index (κ3) is 2.91. The van der Waals surface area contributed by atoms with Crippen LogP contribution in [0.3, 0.4) is 0 Å². The van der Waals surface area contributed by atoms with E-state index in [0.29, 0.717) is 32.7 Å². The number of hydrogen-bond acceptors (Lipinski definition) is 4.